The summed E-state index contributed by atoms with van der Waals surface area (Å²) in [5.41, 5.74) is 3.12. The highest BCUT2D eigenvalue weighted by molar-refractivity contribution is 7.90. The van der Waals surface area contributed by atoms with Crippen LogP contribution in [0.5, 0.6) is 0 Å². The predicted octanol–water partition coefficient (Wildman–Crippen LogP) is 6.78. The Morgan fingerprint density at radius 2 is 1.60 bits per heavy atom. The van der Waals surface area contributed by atoms with Crippen LogP contribution < -0.4 is 5.32 Å². The van der Waals surface area contributed by atoms with Crippen LogP contribution in [-0.4, -0.2) is 31.8 Å². The third kappa shape index (κ3) is 5.73. The van der Waals surface area contributed by atoms with E-state index in [1.54, 1.807) is 30.7 Å². The van der Waals surface area contributed by atoms with Crippen molar-refractivity contribution in [2.45, 2.75) is 31.2 Å². The minimum Gasteiger partial charge on any atom is -0.612 e. The van der Waals surface area contributed by atoms with Crippen molar-refractivity contribution in [3.05, 3.63) is 88.7 Å². The van der Waals surface area contributed by atoms with Crippen LogP contribution in [0.15, 0.2) is 77.8 Å². The van der Waals surface area contributed by atoms with Gasteiger partial charge >= 0.3 is 0 Å². The van der Waals surface area contributed by atoms with E-state index in [4.69, 9.17) is 23.2 Å². The first kappa shape index (κ1) is 25.3. The summed E-state index contributed by atoms with van der Waals surface area (Å²) in [5.74, 6) is 0.178. The van der Waals surface area contributed by atoms with Crippen molar-refractivity contribution in [1.29, 1.82) is 0 Å². The molecular weight excluding hydrogens is 501 g/mol. The summed E-state index contributed by atoms with van der Waals surface area (Å²) in [5, 5.41) is 3.82. The van der Waals surface area contributed by atoms with Crippen molar-refractivity contribution in [2.75, 3.05) is 6.26 Å². The van der Waals surface area contributed by atoms with E-state index in [1.165, 1.54) is 0 Å². The van der Waals surface area contributed by atoms with Crippen molar-refractivity contribution in [3.63, 3.8) is 0 Å². The van der Waals surface area contributed by atoms with Crippen molar-refractivity contribution in [1.82, 2.24) is 14.9 Å². The average molecular weight is 526 g/mol. The first-order valence-corrected chi connectivity index (χ1v) is 13.3. The van der Waals surface area contributed by atoms with Crippen LogP contribution in [0.1, 0.15) is 31.3 Å². The van der Waals surface area contributed by atoms with Gasteiger partial charge in [-0.05, 0) is 73.4 Å². The molecule has 1 unspecified atom stereocenters. The van der Waals surface area contributed by atoms with Gasteiger partial charge in [0.05, 0.1) is 15.6 Å². The molecule has 1 amide bonds. The summed E-state index contributed by atoms with van der Waals surface area (Å²) in [7, 11) is 0. The van der Waals surface area contributed by atoms with Crippen molar-refractivity contribution < 1.29 is 9.35 Å². The van der Waals surface area contributed by atoms with Gasteiger partial charge in [0.15, 0.2) is 4.90 Å². The second-order valence-electron chi connectivity index (χ2n) is 9.15. The van der Waals surface area contributed by atoms with Gasteiger partial charge < -0.3 is 9.87 Å². The molecule has 0 fully saturated rings. The number of nitrogens with one attached hydrogen (secondary N) is 1. The van der Waals surface area contributed by atoms with E-state index in [0.717, 1.165) is 21.7 Å². The van der Waals surface area contributed by atoms with Gasteiger partial charge in [0.1, 0.15) is 17.8 Å². The lowest BCUT2D eigenvalue weighted by Crippen LogP contribution is -2.40. The van der Waals surface area contributed by atoms with Gasteiger partial charge in [0.25, 0.3) is 5.91 Å². The fourth-order valence-corrected chi connectivity index (χ4v) is 4.78. The van der Waals surface area contributed by atoms with E-state index in [-0.39, 0.29) is 11.6 Å². The zero-order valence-electron chi connectivity index (χ0n) is 19.8. The van der Waals surface area contributed by atoms with Gasteiger partial charge in [-0.15, -0.1) is 0 Å². The first-order chi connectivity index (χ1) is 16.5. The molecule has 4 aromatic rings. The van der Waals surface area contributed by atoms with E-state index in [1.807, 2.05) is 73.9 Å². The molecule has 0 aliphatic rings. The smallest absolute Gasteiger partial charge is 0.271 e. The Morgan fingerprint density at radius 3 is 2.20 bits per heavy atom. The van der Waals surface area contributed by atoms with Crippen LogP contribution in [0.25, 0.3) is 28.2 Å². The zero-order valence-corrected chi connectivity index (χ0v) is 22.1. The topological polar surface area (TPSA) is 70.0 Å². The number of carbonyl (C=O) groups is 1. The maximum Gasteiger partial charge on any atom is 0.271 e. The highest BCUT2D eigenvalue weighted by Crippen LogP contribution is 2.36. The third-order valence-electron chi connectivity index (χ3n) is 5.26. The lowest BCUT2D eigenvalue weighted by Gasteiger charge is -2.19. The van der Waals surface area contributed by atoms with E-state index < -0.39 is 16.7 Å². The largest absolute Gasteiger partial charge is 0.612 e. The summed E-state index contributed by atoms with van der Waals surface area (Å²) in [6.07, 6.45) is 3.35. The zero-order chi connectivity index (χ0) is 25.3. The summed E-state index contributed by atoms with van der Waals surface area (Å²) in [6.45, 7) is 5.74. The summed E-state index contributed by atoms with van der Waals surface area (Å²) in [4.78, 5) is 18.3. The number of hydrogen-bond donors (Lipinski definition) is 1. The molecule has 0 aliphatic heterocycles. The molecule has 35 heavy (non-hydrogen) atoms. The summed E-state index contributed by atoms with van der Waals surface area (Å²) in [6, 6.07) is 20.7. The molecule has 1 heterocycles. The Hall–Kier alpha value is -2.77. The Kier molecular flexibility index (Phi) is 7.29. The first-order valence-electron chi connectivity index (χ1n) is 10.9. The van der Waals surface area contributed by atoms with Crippen molar-refractivity contribution >= 4 is 40.3 Å². The van der Waals surface area contributed by atoms with Gasteiger partial charge in [-0.3, -0.25) is 9.36 Å². The quantitative estimate of drug-likeness (QED) is 0.292. The van der Waals surface area contributed by atoms with E-state index >= 15 is 0 Å². The molecule has 0 bridgehead atoms. The molecule has 180 valence electrons. The minimum atomic E-state index is -1.06. The molecule has 0 saturated heterocycles. The normalized spacial score (nSPS) is 12.4. The number of hydrogen-bond acceptors (Lipinski definition) is 3. The van der Waals surface area contributed by atoms with Crippen molar-refractivity contribution in [3.8, 4) is 28.2 Å². The maximum atomic E-state index is 12.9. The second-order valence-corrected chi connectivity index (χ2v) is 11.3. The summed E-state index contributed by atoms with van der Waals surface area (Å²) < 4.78 is 13.7. The standard InChI is InChI=1S/C27H25Cl2N3O2S/c1-27(2,3)31-26(33)23-16-32(25(30-23)24-21(28)9-6-10-22(24)29)19-13-11-17(12-14-19)18-7-5-8-20(15-18)35(4)34/h5-16H,1-4H3,(H,31,33). The van der Waals surface area contributed by atoms with Crippen LogP contribution in [-0.2, 0) is 11.2 Å². The van der Waals surface area contributed by atoms with Crippen molar-refractivity contribution in [2.24, 2.45) is 0 Å². The highest BCUT2D eigenvalue weighted by atomic mass is 35.5. The van der Waals surface area contributed by atoms with E-state index in [2.05, 4.69) is 10.3 Å². The fraction of sp³-hybridized carbons (Fsp3) is 0.185. The molecule has 0 radical (unpaired) electrons. The van der Waals surface area contributed by atoms with Crippen LogP contribution in [0.4, 0.5) is 0 Å². The molecule has 3 aromatic carbocycles. The van der Waals surface area contributed by atoms with Gasteiger partial charge in [0.2, 0.25) is 0 Å². The number of benzene rings is 3. The number of nitrogens with zero attached hydrogens (tertiary/aromatic N) is 2. The van der Waals surface area contributed by atoms with Gasteiger partial charge in [-0.1, -0.05) is 53.5 Å². The lowest BCUT2D eigenvalue weighted by atomic mass is 10.1. The Labute approximate surface area is 218 Å². The second kappa shape index (κ2) is 10.1. The number of halogens is 2. The lowest BCUT2D eigenvalue weighted by molar-refractivity contribution is 0.0915. The minimum absolute atomic E-state index is 0.258. The number of imidazole rings is 1. The SMILES string of the molecule is C[S+]([O-])c1cccc(-c2ccc(-n3cc(C(=O)NC(C)(C)C)nc3-c3c(Cl)cccc3Cl)cc2)c1. The molecule has 0 aliphatic carbocycles. The third-order valence-corrected chi connectivity index (χ3v) is 6.81. The van der Waals surface area contributed by atoms with E-state index in [9.17, 15) is 9.35 Å². The molecule has 0 spiro atoms. The Bertz CT molecular complexity index is 1360. The van der Waals surface area contributed by atoms with Crippen LogP contribution in [0.2, 0.25) is 10.0 Å². The highest BCUT2D eigenvalue weighted by Gasteiger charge is 2.23. The fourth-order valence-electron chi connectivity index (χ4n) is 3.65. The van der Waals surface area contributed by atoms with E-state index in [0.29, 0.717) is 21.4 Å². The van der Waals surface area contributed by atoms with Crippen LogP contribution in [0.3, 0.4) is 0 Å². The van der Waals surface area contributed by atoms with Crippen LogP contribution in [0, 0.1) is 0 Å². The molecule has 8 heteroatoms. The van der Waals surface area contributed by atoms with Gasteiger partial charge in [0, 0.05) is 23.5 Å². The Morgan fingerprint density at radius 1 is 0.971 bits per heavy atom. The molecule has 0 saturated carbocycles. The van der Waals surface area contributed by atoms with Crippen LogP contribution >= 0.6 is 23.2 Å². The molecule has 5 nitrogen and oxygen atoms in total. The molecule has 1 N–H and O–H groups in total. The van der Waals surface area contributed by atoms with Gasteiger partial charge in [-0.2, -0.15) is 0 Å². The summed E-state index contributed by atoms with van der Waals surface area (Å²) >= 11 is 11.9. The number of amides is 1. The molecular formula is C27H25Cl2N3O2S. The predicted molar refractivity (Wildman–Crippen MR) is 144 cm³/mol. The average Bonchev–Trinajstić information content (AvgIpc) is 3.23. The molecule has 1 aromatic heterocycles. The molecule has 4 rings (SSSR count). The van der Waals surface area contributed by atoms with Gasteiger partial charge in [-0.25, -0.2) is 4.98 Å². The number of carbonyl (C=O) groups excluding carboxylic acids is 1. The number of rotatable bonds is 5. The number of aromatic nitrogens is 2. The maximum absolute atomic E-state index is 12.9. The Balaban J connectivity index is 1.80. The molecule has 1 atom stereocenters. The monoisotopic (exact) mass is 525 g/mol.